The lowest BCUT2D eigenvalue weighted by Crippen LogP contribution is -2.43. The maximum absolute atomic E-state index is 11.7. The first-order valence-electron chi connectivity index (χ1n) is 5.91. The summed E-state index contributed by atoms with van der Waals surface area (Å²) >= 11 is 0. The zero-order valence-electron chi connectivity index (χ0n) is 9.90. The maximum Gasteiger partial charge on any atom is 0.308 e. The van der Waals surface area contributed by atoms with Crippen LogP contribution in [-0.4, -0.2) is 35.0 Å². The third-order valence-corrected chi connectivity index (χ3v) is 4.01. The summed E-state index contributed by atoms with van der Waals surface area (Å²) in [5.74, 6) is -0.448. The molecule has 16 heavy (non-hydrogen) atoms. The van der Waals surface area contributed by atoms with Gasteiger partial charge < -0.3 is 10.0 Å². The van der Waals surface area contributed by atoms with Crippen molar-refractivity contribution in [3.05, 3.63) is 0 Å². The fourth-order valence-corrected chi connectivity index (χ4v) is 2.45. The number of carbonyl (C=O) groups excluding carboxylic acids is 1. The van der Waals surface area contributed by atoms with E-state index in [1.165, 1.54) is 0 Å². The molecule has 1 N–H and O–H groups in total. The van der Waals surface area contributed by atoms with Gasteiger partial charge in [-0.1, -0.05) is 13.8 Å². The third-order valence-electron chi connectivity index (χ3n) is 4.01. The number of amides is 1. The van der Waals surface area contributed by atoms with Gasteiger partial charge in [0.1, 0.15) is 0 Å². The SMILES string of the molecule is CC1(C)CC1CN1CC(C(=O)O)CCC1=O. The molecule has 2 rings (SSSR count). The van der Waals surface area contributed by atoms with Gasteiger partial charge in [-0.3, -0.25) is 9.59 Å². The molecule has 1 heterocycles. The minimum atomic E-state index is -0.771. The van der Waals surface area contributed by atoms with Gasteiger partial charge in [-0.25, -0.2) is 0 Å². The molecule has 0 aromatic rings. The molecule has 2 fully saturated rings. The number of likely N-dealkylation sites (tertiary alicyclic amines) is 1. The summed E-state index contributed by atoms with van der Waals surface area (Å²) in [6.07, 6.45) is 2.04. The van der Waals surface area contributed by atoms with E-state index in [9.17, 15) is 9.59 Å². The van der Waals surface area contributed by atoms with Crippen molar-refractivity contribution in [3.8, 4) is 0 Å². The summed E-state index contributed by atoms with van der Waals surface area (Å²) in [6.45, 7) is 5.54. The molecule has 2 unspecified atom stereocenters. The zero-order chi connectivity index (χ0) is 11.9. The monoisotopic (exact) mass is 225 g/mol. The van der Waals surface area contributed by atoms with Crippen molar-refractivity contribution in [2.75, 3.05) is 13.1 Å². The van der Waals surface area contributed by atoms with Gasteiger partial charge in [0.25, 0.3) is 0 Å². The van der Waals surface area contributed by atoms with Crippen LogP contribution in [0.3, 0.4) is 0 Å². The molecule has 0 bridgehead atoms. The van der Waals surface area contributed by atoms with E-state index in [0.717, 1.165) is 13.0 Å². The Hall–Kier alpha value is -1.06. The predicted molar refractivity (Wildman–Crippen MR) is 58.8 cm³/mol. The number of carbonyl (C=O) groups is 2. The Balaban J connectivity index is 1.92. The molecule has 1 aliphatic heterocycles. The number of carboxylic acids is 1. The Labute approximate surface area is 95.6 Å². The normalized spacial score (nSPS) is 32.6. The second-order valence-electron chi connectivity index (χ2n) is 5.76. The molecule has 90 valence electrons. The van der Waals surface area contributed by atoms with Gasteiger partial charge in [0.2, 0.25) is 5.91 Å². The molecule has 2 aliphatic rings. The van der Waals surface area contributed by atoms with Crippen LogP contribution in [-0.2, 0) is 9.59 Å². The van der Waals surface area contributed by atoms with Crippen LogP contribution in [0.4, 0.5) is 0 Å². The summed E-state index contributed by atoms with van der Waals surface area (Å²) in [4.78, 5) is 24.3. The van der Waals surface area contributed by atoms with E-state index in [1.54, 1.807) is 4.90 Å². The van der Waals surface area contributed by atoms with E-state index >= 15 is 0 Å². The molecule has 4 heteroatoms. The van der Waals surface area contributed by atoms with Crippen molar-refractivity contribution in [3.63, 3.8) is 0 Å². The first kappa shape index (κ1) is 11.4. The Morgan fingerprint density at radius 2 is 2.19 bits per heavy atom. The van der Waals surface area contributed by atoms with Crippen LogP contribution in [0.1, 0.15) is 33.1 Å². The molecule has 1 amide bonds. The summed E-state index contributed by atoms with van der Waals surface area (Å²) in [6, 6.07) is 0. The number of nitrogens with zero attached hydrogens (tertiary/aromatic N) is 1. The minimum absolute atomic E-state index is 0.125. The van der Waals surface area contributed by atoms with Gasteiger partial charge in [-0.05, 0) is 24.2 Å². The fraction of sp³-hybridized carbons (Fsp3) is 0.833. The highest BCUT2D eigenvalue weighted by atomic mass is 16.4. The van der Waals surface area contributed by atoms with E-state index in [1.807, 2.05) is 0 Å². The molecular formula is C12H19NO3. The lowest BCUT2D eigenvalue weighted by molar-refractivity contribution is -0.147. The third kappa shape index (κ3) is 2.20. The quantitative estimate of drug-likeness (QED) is 0.789. The van der Waals surface area contributed by atoms with E-state index in [-0.39, 0.29) is 11.8 Å². The standard InChI is InChI=1S/C12H19NO3/c1-12(2)5-9(12)7-13-6-8(11(15)16)3-4-10(13)14/h8-9H,3-7H2,1-2H3,(H,15,16). The van der Waals surface area contributed by atoms with Crippen molar-refractivity contribution in [2.24, 2.45) is 17.3 Å². The number of carboxylic acid groups (broad SMARTS) is 1. The maximum atomic E-state index is 11.7. The molecule has 0 spiro atoms. The molecule has 0 radical (unpaired) electrons. The van der Waals surface area contributed by atoms with Crippen molar-refractivity contribution < 1.29 is 14.7 Å². The number of aliphatic carboxylic acids is 1. The topological polar surface area (TPSA) is 57.6 Å². The predicted octanol–water partition coefficient (Wildman–Crippen LogP) is 1.36. The van der Waals surface area contributed by atoms with Crippen LogP contribution < -0.4 is 0 Å². The fourth-order valence-electron chi connectivity index (χ4n) is 2.45. The number of hydrogen-bond donors (Lipinski definition) is 1. The zero-order valence-corrected chi connectivity index (χ0v) is 9.90. The van der Waals surface area contributed by atoms with Crippen molar-refractivity contribution in [1.29, 1.82) is 0 Å². The Bertz CT molecular complexity index is 324. The molecule has 0 aromatic heterocycles. The first-order valence-corrected chi connectivity index (χ1v) is 5.91. The van der Waals surface area contributed by atoms with Crippen LogP contribution in [0.15, 0.2) is 0 Å². The Morgan fingerprint density at radius 1 is 1.56 bits per heavy atom. The molecule has 0 aromatic carbocycles. The van der Waals surface area contributed by atoms with E-state index in [4.69, 9.17) is 5.11 Å². The van der Waals surface area contributed by atoms with Crippen molar-refractivity contribution in [2.45, 2.75) is 33.1 Å². The molecule has 1 saturated carbocycles. The number of piperidine rings is 1. The van der Waals surface area contributed by atoms with Gasteiger partial charge in [0.15, 0.2) is 0 Å². The van der Waals surface area contributed by atoms with Crippen LogP contribution in [0.25, 0.3) is 0 Å². The van der Waals surface area contributed by atoms with Crippen molar-refractivity contribution in [1.82, 2.24) is 4.90 Å². The summed E-state index contributed by atoms with van der Waals surface area (Å²) in [5, 5.41) is 8.96. The Morgan fingerprint density at radius 3 is 2.69 bits per heavy atom. The molecular weight excluding hydrogens is 206 g/mol. The average molecular weight is 225 g/mol. The first-order chi connectivity index (χ1) is 7.40. The highest BCUT2D eigenvalue weighted by Gasteiger charge is 2.47. The molecule has 4 nitrogen and oxygen atoms in total. The van der Waals surface area contributed by atoms with Crippen LogP contribution in [0.2, 0.25) is 0 Å². The van der Waals surface area contributed by atoms with Gasteiger partial charge >= 0.3 is 5.97 Å². The van der Waals surface area contributed by atoms with E-state index < -0.39 is 5.97 Å². The van der Waals surface area contributed by atoms with Crippen LogP contribution >= 0.6 is 0 Å². The number of rotatable bonds is 3. The summed E-state index contributed by atoms with van der Waals surface area (Å²) < 4.78 is 0. The lowest BCUT2D eigenvalue weighted by Gasteiger charge is -2.31. The smallest absolute Gasteiger partial charge is 0.308 e. The van der Waals surface area contributed by atoms with Gasteiger partial charge in [-0.2, -0.15) is 0 Å². The van der Waals surface area contributed by atoms with E-state index in [0.29, 0.717) is 30.7 Å². The van der Waals surface area contributed by atoms with Gasteiger partial charge in [-0.15, -0.1) is 0 Å². The van der Waals surface area contributed by atoms with Crippen LogP contribution in [0, 0.1) is 17.3 Å². The second kappa shape index (κ2) is 3.75. The summed E-state index contributed by atoms with van der Waals surface area (Å²) in [5.41, 5.74) is 0.344. The summed E-state index contributed by atoms with van der Waals surface area (Å²) in [7, 11) is 0. The van der Waals surface area contributed by atoms with E-state index in [2.05, 4.69) is 13.8 Å². The highest BCUT2D eigenvalue weighted by molar-refractivity contribution is 5.80. The molecule has 1 saturated heterocycles. The lowest BCUT2D eigenvalue weighted by atomic mass is 9.97. The highest BCUT2D eigenvalue weighted by Crippen LogP contribution is 2.52. The number of hydrogen-bond acceptors (Lipinski definition) is 2. The van der Waals surface area contributed by atoms with Crippen LogP contribution in [0.5, 0.6) is 0 Å². The Kier molecular flexibility index (Phi) is 2.68. The average Bonchev–Trinajstić information content (AvgIpc) is 2.77. The molecule has 2 atom stereocenters. The van der Waals surface area contributed by atoms with Gasteiger partial charge in [0.05, 0.1) is 5.92 Å². The molecule has 1 aliphatic carbocycles. The van der Waals surface area contributed by atoms with Crippen molar-refractivity contribution >= 4 is 11.9 Å². The minimum Gasteiger partial charge on any atom is -0.481 e. The van der Waals surface area contributed by atoms with Gasteiger partial charge in [0, 0.05) is 19.5 Å². The second-order valence-corrected chi connectivity index (χ2v) is 5.76. The largest absolute Gasteiger partial charge is 0.481 e.